The highest BCUT2D eigenvalue weighted by atomic mass is 32.1. The summed E-state index contributed by atoms with van der Waals surface area (Å²) in [4.78, 5) is 19.6. The number of rotatable bonds is 3. The number of aromatic nitrogens is 2. The maximum absolute atomic E-state index is 14.2. The number of nitrogen functional groups attached to an aromatic ring is 2. The number of pyridine rings is 1. The Morgan fingerprint density at radius 2 is 1.81 bits per heavy atom. The summed E-state index contributed by atoms with van der Waals surface area (Å²) in [6.45, 7) is 4.27. The number of nitrogens with zero attached hydrogens (tertiary/aromatic N) is 3. The molecule has 0 bridgehead atoms. The number of fused-ring (bicyclic) bond motifs is 4. The fourth-order valence-corrected chi connectivity index (χ4v) is 6.64. The van der Waals surface area contributed by atoms with Crippen molar-refractivity contribution in [2.75, 3.05) is 11.5 Å². The van der Waals surface area contributed by atoms with E-state index in [9.17, 15) is 10.1 Å². The first kappa shape index (κ1) is 23.3. The average molecular weight is 506 g/mol. The molecule has 1 aliphatic rings. The van der Waals surface area contributed by atoms with Gasteiger partial charge in [-0.25, -0.2) is 4.98 Å². The van der Waals surface area contributed by atoms with Crippen LogP contribution in [-0.2, 0) is 12.8 Å². The zero-order valence-corrected chi connectivity index (χ0v) is 21.7. The molecule has 184 valence electrons. The van der Waals surface area contributed by atoms with E-state index in [0.717, 1.165) is 47.8 Å². The van der Waals surface area contributed by atoms with E-state index in [1.165, 1.54) is 22.5 Å². The first-order valence-corrected chi connectivity index (χ1v) is 13.4. The Hall–Kier alpha value is -4.15. The zero-order valence-electron chi connectivity index (χ0n) is 20.8. The fourth-order valence-electron chi connectivity index (χ4n) is 5.59. The van der Waals surface area contributed by atoms with E-state index in [4.69, 9.17) is 11.5 Å². The zero-order chi connectivity index (χ0) is 25.8. The summed E-state index contributed by atoms with van der Waals surface area (Å²) in [6.07, 6.45) is 4.01. The molecule has 0 atom stereocenters. The van der Waals surface area contributed by atoms with Crippen LogP contribution in [0.1, 0.15) is 64.7 Å². The molecule has 6 rings (SSSR count). The normalized spacial score (nSPS) is 13.2. The second kappa shape index (κ2) is 8.75. The van der Waals surface area contributed by atoms with Crippen LogP contribution in [0.25, 0.3) is 32.2 Å². The molecule has 4 N–H and O–H groups in total. The number of benzene rings is 2. The first-order chi connectivity index (χ1) is 17.9. The summed E-state index contributed by atoms with van der Waals surface area (Å²) < 4.78 is 1.84. The second-order valence-electron chi connectivity index (χ2n) is 9.95. The van der Waals surface area contributed by atoms with Crippen molar-refractivity contribution in [2.45, 2.75) is 45.4 Å². The van der Waals surface area contributed by atoms with Gasteiger partial charge in [-0.15, -0.1) is 11.3 Å². The van der Waals surface area contributed by atoms with Crippen molar-refractivity contribution in [3.8, 4) is 17.2 Å². The summed E-state index contributed by atoms with van der Waals surface area (Å²) in [5.41, 5.74) is 19.5. The van der Waals surface area contributed by atoms with Crippen LogP contribution >= 0.6 is 11.3 Å². The number of para-hydroxylation sites is 1. The lowest BCUT2D eigenvalue weighted by molar-refractivity contribution is 0.0966. The third kappa shape index (κ3) is 3.52. The quantitative estimate of drug-likeness (QED) is 0.285. The summed E-state index contributed by atoms with van der Waals surface area (Å²) in [6, 6.07) is 18.4. The molecule has 0 radical (unpaired) electrons. The molecule has 7 heteroatoms. The molecule has 0 saturated carbocycles. The van der Waals surface area contributed by atoms with Crippen LogP contribution < -0.4 is 11.5 Å². The fraction of sp³-hybridized carbons (Fsp3) is 0.233. The van der Waals surface area contributed by atoms with E-state index < -0.39 is 0 Å². The van der Waals surface area contributed by atoms with Crippen molar-refractivity contribution >= 4 is 49.9 Å². The van der Waals surface area contributed by atoms with Crippen LogP contribution in [-0.4, -0.2) is 15.5 Å². The Morgan fingerprint density at radius 3 is 2.54 bits per heavy atom. The Bertz CT molecular complexity index is 1750. The van der Waals surface area contributed by atoms with Crippen molar-refractivity contribution < 1.29 is 4.79 Å². The van der Waals surface area contributed by atoms with Gasteiger partial charge in [0.1, 0.15) is 27.2 Å². The molecule has 0 saturated heterocycles. The highest BCUT2D eigenvalue weighted by Crippen LogP contribution is 2.44. The third-order valence-corrected chi connectivity index (χ3v) is 8.55. The Labute approximate surface area is 219 Å². The van der Waals surface area contributed by atoms with Crippen molar-refractivity contribution in [3.05, 3.63) is 75.8 Å². The number of hydrogen-bond acceptors (Lipinski definition) is 6. The minimum absolute atomic E-state index is 0.141. The number of aryl methyl sites for hydroxylation is 1. The molecular weight excluding hydrogens is 478 g/mol. The van der Waals surface area contributed by atoms with Crippen molar-refractivity contribution in [1.82, 2.24) is 9.55 Å². The number of anilines is 2. The van der Waals surface area contributed by atoms with Gasteiger partial charge >= 0.3 is 0 Å². The van der Waals surface area contributed by atoms with Gasteiger partial charge in [0.2, 0.25) is 0 Å². The largest absolute Gasteiger partial charge is 0.397 e. The number of nitrogens with two attached hydrogens (primary N) is 2. The van der Waals surface area contributed by atoms with Gasteiger partial charge in [-0.05, 0) is 54.4 Å². The van der Waals surface area contributed by atoms with Crippen LogP contribution in [0, 0.1) is 11.3 Å². The molecule has 6 nitrogen and oxygen atoms in total. The van der Waals surface area contributed by atoms with E-state index in [1.54, 1.807) is 0 Å². The van der Waals surface area contributed by atoms with Crippen LogP contribution in [0.3, 0.4) is 0 Å². The SMILES string of the molecule is CC(C)c1ccc(-c2c(C#N)c(N)nc3sc(C(=O)n4c5c(c6ccccc64)CCCC5)c(N)c23)cc1. The monoisotopic (exact) mass is 505 g/mol. The number of nitriles is 1. The van der Waals surface area contributed by atoms with Gasteiger partial charge in [-0.2, -0.15) is 5.26 Å². The van der Waals surface area contributed by atoms with Crippen molar-refractivity contribution in [2.24, 2.45) is 0 Å². The molecule has 3 heterocycles. The van der Waals surface area contributed by atoms with Crippen molar-refractivity contribution in [3.63, 3.8) is 0 Å². The lowest BCUT2D eigenvalue weighted by Gasteiger charge is -2.15. The first-order valence-electron chi connectivity index (χ1n) is 12.6. The predicted octanol–water partition coefficient (Wildman–Crippen LogP) is 6.64. The van der Waals surface area contributed by atoms with Gasteiger partial charge in [-0.1, -0.05) is 56.3 Å². The number of hydrogen-bond donors (Lipinski definition) is 2. The Morgan fingerprint density at radius 1 is 1.08 bits per heavy atom. The topological polar surface area (TPSA) is 111 Å². The summed E-state index contributed by atoms with van der Waals surface area (Å²) in [7, 11) is 0. The van der Waals surface area contributed by atoms with Gasteiger partial charge < -0.3 is 11.5 Å². The summed E-state index contributed by atoms with van der Waals surface area (Å²) in [5, 5.41) is 11.7. The highest BCUT2D eigenvalue weighted by molar-refractivity contribution is 7.21. The lowest BCUT2D eigenvalue weighted by atomic mass is 9.94. The highest BCUT2D eigenvalue weighted by Gasteiger charge is 2.29. The summed E-state index contributed by atoms with van der Waals surface area (Å²) in [5.74, 6) is 0.366. The van der Waals surface area contributed by atoms with Crippen LogP contribution in [0.5, 0.6) is 0 Å². The molecule has 0 aliphatic heterocycles. The van der Waals surface area contributed by atoms with E-state index in [-0.39, 0.29) is 17.3 Å². The van der Waals surface area contributed by atoms with E-state index in [1.807, 2.05) is 34.9 Å². The second-order valence-corrected chi connectivity index (χ2v) is 10.9. The average Bonchev–Trinajstić information content (AvgIpc) is 3.42. The Balaban J connectivity index is 1.59. The smallest absolute Gasteiger partial charge is 0.274 e. The maximum atomic E-state index is 14.2. The van der Waals surface area contributed by atoms with Gasteiger partial charge in [-0.3, -0.25) is 9.36 Å². The number of thiophene rings is 1. The van der Waals surface area contributed by atoms with E-state index in [2.05, 4.69) is 43.1 Å². The van der Waals surface area contributed by atoms with Gasteiger partial charge in [0, 0.05) is 22.0 Å². The molecular formula is C30H27N5OS. The van der Waals surface area contributed by atoms with Crippen LogP contribution in [0.4, 0.5) is 11.5 Å². The molecule has 3 aromatic heterocycles. The lowest BCUT2D eigenvalue weighted by Crippen LogP contribution is -2.17. The maximum Gasteiger partial charge on any atom is 0.274 e. The molecule has 2 aromatic carbocycles. The summed E-state index contributed by atoms with van der Waals surface area (Å²) >= 11 is 1.24. The van der Waals surface area contributed by atoms with E-state index >= 15 is 0 Å². The predicted molar refractivity (Wildman–Crippen MR) is 151 cm³/mol. The minimum Gasteiger partial charge on any atom is -0.397 e. The van der Waals surface area contributed by atoms with Gasteiger partial charge in [0.25, 0.3) is 5.91 Å². The number of carbonyl (C=O) groups is 1. The van der Waals surface area contributed by atoms with Gasteiger partial charge in [0.05, 0.1) is 11.2 Å². The van der Waals surface area contributed by atoms with Crippen LogP contribution in [0.2, 0.25) is 0 Å². The number of carbonyl (C=O) groups excluding carboxylic acids is 1. The molecule has 0 amide bonds. The molecule has 1 aliphatic carbocycles. The van der Waals surface area contributed by atoms with Gasteiger partial charge in [0.15, 0.2) is 0 Å². The minimum atomic E-state index is -0.155. The Kier molecular flexibility index (Phi) is 5.50. The molecule has 37 heavy (non-hydrogen) atoms. The molecule has 5 aromatic rings. The van der Waals surface area contributed by atoms with E-state index in [0.29, 0.717) is 32.3 Å². The molecule has 0 spiro atoms. The standard InChI is InChI=1S/C30H27N5OS/c1-16(2)17-11-13-18(14-12-17)24-21(15-31)28(33)34-29-25(24)26(32)27(37-29)30(36)35-22-9-5-3-7-19(22)20-8-4-6-10-23(20)35/h3,5,7,9,11-14,16H,4,6,8,10,32H2,1-2H3,(H2,33,34). The van der Waals surface area contributed by atoms with Crippen molar-refractivity contribution in [1.29, 1.82) is 5.26 Å². The van der Waals surface area contributed by atoms with Crippen LogP contribution in [0.15, 0.2) is 48.5 Å². The third-order valence-electron chi connectivity index (χ3n) is 7.46. The molecule has 0 fully saturated rings. The molecule has 0 unspecified atom stereocenters.